The maximum Gasteiger partial charge on any atom is 0.279 e. The third-order valence-electron chi connectivity index (χ3n) is 11.2. The van der Waals surface area contributed by atoms with Gasteiger partial charge in [0, 0.05) is 11.4 Å². The summed E-state index contributed by atoms with van der Waals surface area (Å²) >= 11 is 0. The number of likely N-dealkylation sites (N-methyl/N-ethyl adjacent to an activating group) is 2. The van der Waals surface area contributed by atoms with Crippen molar-refractivity contribution in [2.24, 2.45) is 0 Å². The molecule has 2 aromatic carbocycles. The van der Waals surface area contributed by atoms with Gasteiger partial charge in [0.1, 0.15) is 11.5 Å². The van der Waals surface area contributed by atoms with Gasteiger partial charge < -0.3 is 29.1 Å². The van der Waals surface area contributed by atoms with Crippen LogP contribution >= 0.6 is 0 Å². The summed E-state index contributed by atoms with van der Waals surface area (Å²) in [5.41, 5.74) is 1.62. The molecule has 2 amide bonds. The van der Waals surface area contributed by atoms with Crippen LogP contribution in [0.2, 0.25) is 0 Å². The highest BCUT2D eigenvalue weighted by Gasteiger charge is 2.22. The summed E-state index contributed by atoms with van der Waals surface area (Å²) < 4.78 is 13.2. The fourth-order valence-electron chi connectivity index (χ4n) is 7.60. The van der Waals surface area contributed by atoms with E-state index in [-0.39, 0.29) is 11.8 Å². The predicted molar refractivity (Wildman–Crippen MR) is 247 cm³/mol. The summed E-state index contributed by atoms with van der Waals surface area (Å²) in [5, 5.41) is 6.14. The largest absolute Gasteiger partial charge is 0.494 e. The molecule has 0 unspecified atom stereocenters. The Bertz CT molecular complexity index is 1210. The van der Waals surface area contributed by atoms with Crippen molar-refractivity contribution in [3.05, 3.63) is 48.5 Å². The Morgan fingerprint density at radius 1 is 0.414 bits per heavy atom. The Kier molecular flexibility index (Phi) is 28.0. The monoisotopic (exact) mass is 809 g/mol. The molecule has 0 aliphatic carbocycles. The zero-order valence-corrected chi connectivity index (χ0v) is 38.4. The van der Waals surface area contributed by atoms with Crippen LogP contribution in [0, 0.1) is 0 Å². The summed E-state index contributed by atoms with van der Waals surface area (Å²) in [5.74, 6) is 1.78. The Morgan fingerprint density at radius 2 is 0.690 bits per heavy atom. The zero-order chi connectivity index (χ0) is 42.2. The molecular formula is C50H88N4O4+2. The van der Waals surface area contributed by atoms with Gasteiger partial charge in [0.05, 0.1) is 54.5 Å². The van der Waals surface area contributed by atoms with Crippen LogP contribution < -0.4 is 20.1 Å². The van der Waals surface area contributed by atoms with Crippen LogP contribution in [0.4, 0.5) is 11.4 Å². The number of ether oxygens (including phenoxy) is 2. The van der Waals surface area contributed by atoms with Crippen molar-refractivity contribution < 1.29 is 28.0 Å². The van der Waals surface area contributed by atoms with Gasteiger partial charge in [-0.15, -0.1) is 0 Å². The number of carbonyl (C=O) groups is 2. The number of anilines is 2. The van der Waals surface area contributed by atoms with Gasteiger partial charge in [-0.05, 0) is 87.1 Å². The SMILES string of the molecule is CCCCCCCCCCCCOc1ccc(NC(=O)C[N+](C)(C)CCCCCC[N+](C)(C)CC(=O)Nc2ccc(OCCCCCCCCCCCC)cc2)cc1. The minimum absolute atomic E-state index is 0.0326. The molecule has 330 valence electrons. The lowest BCUT2D eigenvalue weighted by molar-refractivity contribution is -0.883. The van der Waals surface area contributed by atoms with E-state index in [9.17, 15) is 9.59 Å². The average Bonchev–Trinajstić information content (AvgIpc) is 3.18. The molecule has 0 saturated carbocycles. The standard InChI is InChI=1S/C50H86N4O4/c1-7-9-11-13-15-17-19-21-25-29-41-57-47-35-31-45(32-36-47)51-49(55)43-53(3,4)39-27-23-24-28-40-54(5,6)44-50(56)52-46-33-37-48(38-34-46)58-42-30-26-22-20-18-16-14-12-10-8-2/h31-38H,7-30,39-44H2,1-6H3/p+2. The van der Waals surface area contributed by atoms with Crippen molar-refractivity contribution in [3.63, 3.8) is 0 Å². The van der Waals surface area contributed by atoms with Crippen molar-refractivity contribution in [2.45, 2.75) is 168 Å². The predicted octanol–water partition coefficient (Wildman–Crippen LogP) is 12.6. The Labute approximate surface area is 356 Å². The second-order valence-electron chi connectivity index (χ2n) is 18.3. The lowest BCUT2D eigenvalue weighted by atomic mass is 10.1. The lowest BCUT2D eigenvalue weighted by Crippen LogP contribution is -2.46. The number of unbranched alkanes of at least 4 members (excludes halogenated alkanes) is 21. The summed E-state index contributed by atoms with van der Waals surface area (Å²) in [6.07, 6.45) is 30.7. The fraction of sp³-hybridized carbons (Fsp3) is 0.720. The molecule has 8 heteroatoms. The van der Waals surface area contributed by atoms with Crippen molar-refractivity contribution in [3.8, 4) is 11.5 Å². The molecule has 0 heterocycles. The number of rotatable bonds is 37. The molecule has 0 aliphatic heterocycles. The van der Waals surface area contributed by atoms with E-state index in [1.54, 1.807) is 0 Å². The molecule has 0 aromatic heterocycles. The zero-order valence-electron chi connectivity index (χ0n) is 38.4. The van der Waals surface area contributed by atoms with Crippen LogP contribution in [-0.2, 0) is 9.59 Å². The van der Waals surface area contributed by atoms with Gasteiger partial charge in [-0.25, -0.2) is 0 Å². The number of hydrogen-bond donors (Lipinski definition) is 2. The van der Waals surface area contributed by atoms with Gasteiger partial charge in [-0.1, -0.05) is 129 Å². The second-order valence-corrected chi connectivity index (χ2v) is 18.3. The highest BCUT2D eigenvalue weighted by molar-refractivity contribution is 5.92. The summed E-state index contributed by atoms with van der Waals surface area (Å²) in [6.45, 7) is 8.79. The third kappa shape index (κ3) is 27.6. The van der Waals surface area contributed by atoms with Crippen LogP contribution in [0.1, 0.15) is 168 Å². The number of nitrogens with zero attached hydrogens (tertiary/aromatic N) is 2. The van der Waals surface area contributed by atoms with E-state index in [1.807, 2.05) is 48.5 Å². The van der Waals surface area contributed by atoms with Crippen LogP contribution in [-0.4, -0.2) is 88.4 Å². The molecule has 0 aliphatic rings. The molecular weight excluding hydrogens is 721 g/mol. The molecule has 0 bridgehead atoms. The smallest absolute Gasteiger partial charge is 0.279 e. The van der Waals surface area contributed by atoms with E-state index >= 15 is 0 Å². The minimum atomic E-state index is 0.0326. The quantitative estimate of drug-likeness (QED) is 0.0526. The summed E-state index contributed by atoms with van der Waals surface area (Å²) in [6, 6.07) is 15.5. The number of benzene rings is 2. The molecule has 2 rings (SSSR count). The Hall–Kier alpha value is -3.10. The molecule has 0 spiro atoms. The van der Waals surface area contributed by atoms with Gasteiger partial charge in [0.2, 0.25) is 0 Å². The van der Waals surface area contributed by atoms with E-state index in [0.717, 1.165) is 87.7 Å². The first-order valence-electron chi connectivity index (χ1n) is 23.7. The van der Waals surface area contributed by atoms with Crippen molar-refractivity contribution in [1.29, 1.82) is 0 Å². The van der Waals surface area contributed by atoms with Crippen LogP contribution in [0.25, 0.3) is 0 Å². The first-order chi connectivity index (χ1) is 28.0. The van der Waals surface area contributed by atoms with E-state index in [1.165, 1.54) is 116 Å². The molecule has 0 atom stereocenters. The summed E-state index contributed by atoms with van der Waals surface area (Å²) in [4.78, 5) is 25.7. The fourth-order valence-corrected chi connectivity index (χ4v) is 7.60. The van der Waals surface area contributed by atoms with Crippen LogP contribution in [0.5, 0.6) is 11.5 Å². The molecule has 0 saturated heterocycles. The van der Waals surface area contributed by atoms with Crippen molar-refractivity contribution in [2.75, 3.05) is 78.2 Å². The number of quaternary nitrogens is 2. The maximum absolute atomic E-state index is 12.9. The highest BCUT2D eigenvalue weighted by Crippen LogP contribution is 2.19. The van der Waals surface area contributed by atoms with Crippen LogP contribution in [0.3, 0.4) is 0 Å². The van der Waals surface area contributed by atoms with E-state index < -0.39 is 0 Å². The molecule has 0 fully saturated rings. The van der Waals surface area contributed by atoms with Crippen LogP contribution in [0.15, 0.2) is 48.5 Å². The Balaban J connectivity index is 1.51. The lowest BCUT2D eigenvalue weighted by Gasteiger charge is -2.30. The van der Waals surface area contributed by atoms with E-state index in [0.29, 0.717) is 22.1 Å². The normalized spacial score (nSPS) is 11.8. The topological polar surface area (TPSA) is 76.7 Å². The van der Waals surface area contributed by atoms with Gasteiger partial charge in [0.15, 0.2) is 13.1 Å². The molecule has 8 nitrogen and oxygen atoms in total. The van der Waals surface area contributed by atoms with Gasteiger partial charge in [-0.2, -0.15) is 0 Å². The average molecular weight is 809 g/mol. The highest BCUT2D eigenvalue weighted by atomic mass is 16.5. The first-order valence-corrected chi connectivity index (χ1v) is 23.7. The van der Waals surface area contributed by atoms with Gasteiger partial charge >= 0.3 is 0 Å². The maximum atomic E-state index is 12.9. The van der Waals surface area contributed by atoms with E-state index in [4.69, 9.17) is 9.47 Å². The first kappa shape index (κ1) is 51.0. The van der Waals surface area contributed by atoms with Crippen molar-refractivity contribution in [1.82, 2.24) is 0 Å². The number of carbonyl (C=O) groups excluding carboxylic acids is 2. The van der Waals surface area contributed by atoms with E-state index in [2.05, 4.69) is 52.7 Å². The number of amides is 2. The molecule has 2 aromatic rings. The van der Waals surface area contributed by atoms with Gasteiger partial charge in [0.25, 0.3) is 11.8 Å². The number of nitrogens with one attached hydrogen (secondary N) is 2. The Morgan fingerprint density at radius 3 is 1.00 bits per heavy atom. The third-order valence-corrected chi connectivity index (χ3v) is 11.2. The van der Waals surface area contributed by atoms with Crippen molar-refractivity contribution >= 4 is 23.2 Å². The minimum Gasteiger partial charge on any atom is -0.494 e. The number of hydrogen-bond acceptors (Lipinski definition) is 4. The molecule has 58 heavy (non-hydrogen) atoms. The summed E-state index contributed by atoms with van der Waals surface area (Å²) in [7, 11) is 8.51. The molecule has 2 N–H and O–H groups in total. The van der Waals surface area contributed by atoms with Gasteiger partial charge in [-0.3, -0.25) is 9.59 Å². The second kappa shape index (κ2) is 31.8. The molecule has 0 radical (unpaired) electrons.